The van der Waals surface area contributed by atoms with Gasteiger partial charge in [-0.05, 0) is 0 Å². The Bertz CT molecular complexity index is 21.7. The summed E-state index contributed by atoms with van der Waals surface area (Å²) in [4.78, 5) is 0. The zero-order valence-corrected chi connectivity index (χ0v) is 12.7. The van der Waals surface area contributed by atoms with E-state index in [0.717, 1.165) is 0 Å². The molecule has 0 aromatic heterocycles. The van der Waals surface area contributed by atoms with Crippen LogP contribution < -0.4 is 18.9 Å². The molecule has 0 rings (SSSR count). The van der Waals surface area contributed by atoms with E-state index >= 15 is 0 Å². The van der Waals surface area contributed by atoms with Crippen LogP contribution in [0.3, 0.4) is 0 Å². The first kappa shape index (κ1) is 48.2. The van der Waals surface area contributed by atoms with Crippen molar-refractivity contribution in [2.24, 2.45) is 0 Å². The molecule has 0 saturated heterocycles. The molecule has 0 bridgehead atoms. The Morgan fingerprint density at radius 2 is 0.833 bits per heavy atom. The molecule has 6 heavy (non-hydrogen) atoms. The van der Waals surface area contributed by atoms with Gasteiger partial charge in [-0.3, -0.25) is 0 Å². The van der Waals surface area contributed by atoms with Crippen LogP contribution in [-0.4, -0.2) is 86.6 Å². The fraction of sp³-hybridized carbons (Fsp3) is 0. The average molecular weight is 299 g/mol. The van der Waals surface area contributed by atoms with Crippen LogP contribution in [0.2, 0.25) is 0 Å². The first-order valence-corrected chi connectivity index (χ1v) is 0. The van der Waals surface area contributed by atoms with Crippen molar-refractivity contribution in [3.63, 3.8) is 0 Å². The van der Waals surface area contributed by atoms with Crippen LogP contribution in [0.4, 0.5) is 0 Å². The van der Waals surface area contributed by atoms with Crippen molar-refractivity contribution in [2.45, 2.75) is 0 Å². The summed E-state index contributed by atoms with van der Waals surface area (Å²) in [6.45, 7) is 0. The van der Waals surface area contributed by atoms with Crippen molar-refractivity contribution < 1.29 is 26.0 Å². The topological polar surface area (TPSA) is 0 Å². The van der Waals surface area contributed by atoms with Gasteiger partial charge < -0.3 is 7.13 Å². The van der Waals surface area contributed by atoms with Crippen molar-refractivity contribution in [2.75, 3.05) is 0 Å². The second-order valence-electron chi connectivity index (χ2n) is 0. The maximum Gasteiger partial charge on any atom is 2.00 e. The minimum absolute atomic E-state index is 0. The molecule has 0 N–H and O–H groups in total. The Hall–Kier alpha value is 4.30. The largest absolute Gasteiger partial charge is 2.00 e. The molecule has 34 valence electrons. The zero-order valence-electron chi connectivity index (χ0n) is 8.64. The van der Waals surface area contributed by atoms with Crippen LogP contribution in [0.5, 0.6) is 0 Å². The predicted octanol–water partition coefficient (Wildman–Crippen LogP) is -1.93. The zero-order chi connectivity index (χ0) is 0. The van der Waals surface area contributed by atoms with Crippen molar-refractivity contribution in [3.8, 4) is 0 Å². The molecule has 0 nitrogen and oxygen atoms in total. The minimum atomic E-state index is 0. The van der Waals surface area contributed by atoms with Crippen LogP contribution >= 0.6 is 37.2 Å². The average Bonchev–Trinajstić information content (AvgIpc) is 0. The molecule has 0 aliphatic rings. The summed E-state index contributed by atoms with van der Waals surface area (Å²) in [5.41, 5.74) is 0. The van der Waals surface area contributed by atoms with Gasteiger partial charge in [-0.1, -0.05) is 0 Å². The van der Waals surface area contributed by atoms with Crippen molar-refractivity contribution in [1.82, 2.24) is 0 Å². The van der Waals surface area contributed by atoms with Crippen LogP contribution in [0, 0.1) is 0 Å². The molecular weight excluding hydrogens is 291 g/mol. The summed E-state index contributed by atoms with van der Waals surface area (Å²) >= 11 is 0. The standard InChI is InChI=1S/Ba.Ca.3ClH.Li.5H/h;;3*1H;;;;;;/q2*+2;;;;+1;5*-1. The van der Waals surface area contributed by atoms with Gasteiger partial charge in [-0.25, -0.2) is 0 Å². The molecule has 0 fully saturated rings. The Balaban J connectivity index is 0. The second-order valence-corrected chi connectivity index (χ2v) is 0. The van der Waals surface area contributed by atoms with Gasteiger partial charge in [-0.15, -0.1) is 37.2 Å². The maximum atomic E-state index is 0. The van der Waals surface area contributed by atoms with E-state index in [0.29, 0.717) is 0 Å². The number of halogens is 3. The summed E-state index contributed by atoms with van der Waals surface area (Å²) in [5.74, 6) is 0. The fourth-order valence-electron chi connectivity index (χ4n) is 0. The normalized spacial score (nSPS) is 0. The van der Waals surface area contributed by atoms with Gasteiger partial charge >= 0.3 is 105 Å². The molecule has 0 aromatic rings. The van der Waals surface area contributed by atoms with Crippen molar-refractivity contribution in [3.05, 3.63) is 0 Å². The molecule has 0 aliphatic heterocycles. The van der Waals surface area contributed by atoms with E-state index in [2.05, 4.69) is 0 Å². The third kappa shape index (κ3) is 23.9. The summed E-state index contributed by atoms with van der Waals surface area (Å²) in [7, 11) is 0. The molecule has 0 aliphatic carbocycles. The summed E-state index contributed by atoms with van der Waals surface area (Å²) in [5, 5.41) is 0. The van der Waals surface area contributed by atoms with Gasteiger partial charge in [0.1, 0.15) is 0 Å². The van der Waals surface area contributed by atoms with Crippen LogP contribution in [-0.2, 0) is 0 Å². The molecule has 0 amide bonds. The van der Waals surface area contributed by atoms with Gasteiger partial charge in [0.05, 0.1) is 0 Å². The number of hydrogen-bond acceptors (Lipinski definition) is 0. The quantitative estimate of drug-likeness (QED) is 0.457. The van der Waals surface area contributed by atoms with Crippen LogP contribution in [0.25, 0.3) is 0 Å². The first-order chi connectivity index (χ1) is 0. The van der Waals surface area contributed by atoms with Crippen LogP contribution in [0.1, 0.15) is 7.13 Å². The molecule has 0 saturated carbocycles. The van der Waals surface area contributed by atoms with E-state index in [4.69, 9.17) is 0 Å². The molecule has 0 spiro atoms. The Morgan fingerprint density at radius 1 is 0.833 bits per heavy atom. The Labute approximate surface area is 146 Å². The van der Waals surface area contributed by atoms with Gasteiger partial charge in [0.15, 0.2) is 0 Å². The van der Waals surface area contributed by atoms with Gasteiger partial charge in [0.25, 0.3) is 0 Å². The fourth-order valence-corrected chi connectivity index (χ4v) is 0. The first-order valence-electron chi connectivity index (χ1n) is 0. The molecule has 0 heterocycles. The molecule has 0 aromatic carbocycles. The predicted molar refractivity (Wildman–Crippen MR) is 38.8 cm³/mol. The van der Waals surface area contributed by atoms with E-state index in [1.165, 1.54) is 0 Å². The molecule has 0 radical (unpaired) electrons. The van der Waals surface area contributed by atoms with E-state index in [9.17, 15) is 0 Å². The molecule has 6 heteroatoms. The van der Waals surface area contributed by atoms with Gasteiger partial charge in [0, 0.05) is 0 Å². The van der Waals surface area contributed by atoms with Crippen molar-refractivity contribution in [1.29, 1.82) is 0 Å². The van der Waals surface area contributed by atoms with Gasteiger partial charge in [0.2, 0.25) is 0 Å². The van der Waals surface area contributed by atoms with Crippen LogP contribution in [0.15, 0.2) is 0 Å². The molecule has 0 atom stereocenters. The Morgan fingerprint density at radius 3 is 0.833 bits per heavy atom. The van der Waals surface area contributed by atoms with E-state index in [1.54, 1.807) is 0 Å². The third-order valence-corrected chi connectivity index (χ3v) is 0. The maximum absolute atomic E-state index is 0. The minimum Gasteiger partial charge on any atom is -1.00 e. The number of hydrogen-bond donors (Lipinski definition) is 0. The number of rotatable bonds is 0. The smallest absolute Gasteiger partial charge is 1.00 e. The monoisotopic (exact) mass is 298 g/mol. The van der Waals surface area contributed by atoms with E-state index in [-0.39, 0.29) is 150 Å². The second kappa shape index (κ2) is 34.7. The van der Waals surface area contributed by atoms with E-state index in [1.807, 2.05) is 0 Å². The summed E-state index contributed by atoms with van der Waals surface area (Å²) in [6.07, 6.45) is 0. The molecular formula is H8BaCaCl3Li. The summed E-state index contributed by atoms with van der Waals surface area (Å²) in [6, 6.07) is 0. The third-order valence-electron chi connectivity index (χ3n) is 0. The van der Waals surface area contributed by atoms with Crippen molar-refractivity contribution >= 4 is 124 Å². The SMILES string of the molecule is Cl.Cl.Cl.[Ba+2].[Ca+2].[H-].[H-].[H-].[H-].[H-].[Li+]. The Kier molecular flexibility index (Phi) is 278. The van der Waals surface area contributed by atoms with E-state index < -0.39 is 0 Å². The summed E-state index contributed by atoms with van der Waals surface area (Å²) < 4.78 is 0. The van der Waals surface area contributed by atoms with Gasteiger partial charge in [-0.2, -0.15) is 0 Å². The molecule has 0 unspecified atom stereocenters.